The van der Waals surface area contributed by atoms with E-state index < -0.39 is 0 Å². The second-order valence-corrected chi connectivity index (χ2v) is 5.50. The Bertz CT molecular complexity index is 742. The van der Waals surface area contributed by atoms with Gasteiger partial charge in [0.15, 0.2) is 0 Å². The minimum atomic E-state index is 0.0101. The first kappa shape index (κ1) is 13.7. The molecule has 1 aliphatic rings. The van der Waals surface area contributed by atoms with E-state index in [1.807, 2.05) is 40.9 Å². The molecule has 1 amide bonds. The molecule has 110 valence electrons. The van der Waals surface area contributed by atoms with Crippen LogP contribution in [-0.2, 0) is 26.9 Å². The Labute approximate surface area is 123 Å². The topological polar surface area (TPSA) is 47.2 Å². The number of nitrogens with zero attached hydrogens (tertiary/aromatic N) is 3. The van der Waals surface area contributed by atoms with Crippen molar-refractivity contribution in [2.75, 3.05) is 13.1 Å². The van der Waals surface area contributed by atoms with Gasteiger partial charge in [-0.25, -0.2) is 0 Å². The normalized spacial score (nSPS) is 14.7. The highest BCUT2D eigenvalue weighted by Gasteiger charge is 2.22. The maximum atomic E-state index is 12.6. The van der Waals surface area contributed by atoms with Crippen molar-refractivity contribution in [1.82, 2.24) is 14.0 Å². The minimum Gasteiger partial charge on any atom is -0.347 e. The van der Waals surface area contributed by atoms with E-state index in [4.69, 9.17) is 0 Å². The second kappa shape index (κ2) is 5.24. The summed E-state index contributed by atoms with van der Waals surface area (Å²) >= 11 is 0. The molecule has 0 saturated heterocycles. The van der Waals surface area contributed by atoms with Crippen molar-refractivity contribution in [3.05, 3.63) is 57.8 Å². The maximum Gasteiger partial charge on any atom is 0.270 e. The third-order valence-electron chi connectivity index (χ3n) is 4.25. The average Bonchev–Trinajstić information content (AvgIpc) is 2.78. The molecule has 0 bridgehead atoms. The summed E-state index contributed by atoms with van der Waals surface area (Å²) in [7, 11) is 3.68. The Morgan fingerprint density at radius 1 is 1.10 bits per heavy atom. The highest BCUT2D eigenvalue weighted by molar-refractivity contribution is 5.92. The summed E-state index contributed by atoms with van der Waals surface area (Å²) in [5.74, 6) is 0.0558. The lowest BCUT2D eigenvalue weighted by Gasteiger charge is -2.20. The molecule has 1 aliphatic heterocycles. The van der Waals surface area contributed by atoms with E-state index in [1.54, 1.807) is 17.7 Å². The zero-order valence-electron chi connectivity index (χ0n) is 12.4. The van der Waals surface area contributed by atoms with Crippen LogP contribution >= 0.6 is 0 Å². The third kappa shape index (κ3) is 2.39. The van der Waals surface area contributed by atoms with Crippen LogP contribution in [-0.4, -0.2) is 33.0 Å². The van der Waals surface area contributed by atoms with E-state index in [0.29, 0.717) is 18.8 Å². The first-order chi connectivity index (χ1) is 10.1. The van der Waals surface area contributed by atoms with Gasteiger partial charge in [-0.15, -0.1) is 0 Å². The number of carbonyl (C=O) groups excluding carboxylic acids is 1. The molecule has 2 aromatic heterocycles. The van der Waals surface area contributed by atoms with Crippen molar-refractivity contribution in [3.63, 3.8) is 0 Å². The molecule has 0 saturated carbocycles. The van der Waals surface area contributed by atoms with Gasteiger partial charge in [-0.1, -0.05) is 6.07 Å². The summed E-state index contributed by atoms with van der Waals surface area (Å²) in [6.07, 6.45) is 3.39. The van der Waals surface area contributed by atoms with E-state index in [2.05, 4.69) is 0 Å². The first-order valence-corrected chi connectivity index (χ1v) is 7.16. The van der Waals surface area contributed by atoms with Gasteiger partial charge in [0.05, 0.1) is 0 Å². The number of aromatic nitrogens is 2. The lowest BCUT2D eigenvalue weighted by molar-refractivity contribution is 0.0753. The van der Waals surface area contributed by atoms with Crippen LogP contribution in [0.3, 0.4) is 0 Å². The van der Waals surface area contributed by atoms with Crippen LogP contribution in [0.4, 0.5) is 0 Å². The number of rotatable bonds is 1. The Morgan fingerprint density at radius 3 is 2.57 bits per heavy atom. The van der Waals surface area contributed by atoms with E-state index in [-0.39, 0.29) is 11.5 Å². The fraction of sp³-hybridized carbons (Fsp3) is 0.375. The van der Waals surface area contributed by atoms with Gasteiger partial charge in [0.25, 0.3) is 5.91 Å². The van der Waals surface area contributed by atoms with Crippen LogP contribution in [0.25, 0.3) is 0 Å². The van der Waals surface area contributed by atoms with Gasteiger partial charge in [0.1, 0.15) is 5.69 Å². The Hall–Kier alpha value is -2.30. The van der Waals surface area contributed by atoms with Crippen molar-refractivity contribution < 1.29 is 4.79 Å². The molecule has 0 aromatic carbocycles. The van der Waals surface area contributed by atoms with Crippen molar-refractivity contribution in [2.45, 2.75) is 12.8 Å². The van der Waals surface area contributed by atoms with Gasteiger partial charge < -0.3 is 14.0 Å². The largest absolute Gasteiger partial charge is 0.347 e. The van der Waals surface area contributed by atoms with Crippen LogP contribution in [0.2, 0.25) is 0 Å². The van der Waals surface area contributed by atoms with Crippen LogP contribution < -0.4 is 5.56 Å². The van der Waals surface area contributed by atoms with Crippen molar-refractivity contribution in [3.8, 4) is 0 Å². The van der Waals surface area contributed by atoms with E-state index in [1.165, 1.54) is 5.56 Å². The minimum absolute atomic E-state index is 0.0101. The van der Waals surface area contributed by atoms with Gasteiger partial charge in [0, 0.05) is 51.6 Å². The number of aryl methyl sites for hydroxylation is 1. The number of hydrogen-bond acceptors (Lipinski definition) is 2. The van der Waals surface area contributed by atoms with Crippen LogP contribution in [0, 0.1) is 0 Å². The monoisotopic (exact) mass is 285 g/mol. The van der Waals surface area contributed by atoms with Gasteiger partial charge in [0.2, 0.25) is 5.56 Å². The number of amides is 1. The molecule has 0 aliphatic carbocycles. The zero-order valence-corrected chi connectivity index (χ0v) is 12.4. The summed E-state index contributed by atoms with van der Waals surface area (Å²) in [6.45, 7) is 1.34. The Balaban J connectivity index is 1.85. The van der Waals surface area contributed by atoms with Crippen molar-refractivity contribution in [1.29, 1.82) is 0 Å². The third-order valence-corrected chi connectivity index (χ3v) is 4.25. The number of fused-ring (bicyclic) bond motifs is 1. The quantitative estimate of drug-likeness (QED) is 0.783. The Kier molecular flexibility index (Phi) is 3.41. The standard InChI is InChI=1S/C16H19N3O2/c1-17-9-3-4-14(17)16(21)19-10-7-12-5-6-15(20)18(2)13(12)8-11-19/h3-6,9H,7-8,10-11H2,1-2H3. The highest BCUT2D eigenvalue weighted by atomic mass is 16.2. The molecular formula is C16H19N3O2. The van der Waals surface area contributed by atoms with Gasteiger partial charge in [-0.2, -0.15) is 0 Å². The number of carbonyl (C=O) groups is 1. The molecule has 3 rings (SSSR count). The summed E-state index contributed by atoms with van der Waals surface area (Å²) in [5.41, 5.74) is 2.93. The average molecular weight is 285 g/mol. The number of hydrogen-bond donors (Lipinski definition) is 0. The molecular weight excluding hydrogens is 266 g/mol. The summed E-state index contributed by atoms with van der Waals surface area (Å²) in [6, 6.07) is 7.22. The molecule has 3 heterocycles. The second-order valence-electron chi connectivity index (χ2n) is 5.50. The molecule has 0 fully saturated rings. The smallest absolute Gasteiger partial charge is 0.270 e. The predicted octanol–water partition coefficient (Wildman–Crippen LogP) is 0.965. The first-order valence-electron chi connectivity index (χ1n) is 7.16. The van der Waals surface area contributed by atoms with Gasteiger partial charge in [-0.3, -0.25) is 9.59 Å². The maximum absolute atomic E-state index is 12.6. The molecule has 0 atom stereocenters. The summed E-state index contributed by atoms with van der Waals surface area (Å²) in [4.78, 5) is 26.2. The number of pyridine rings is 1. The summed E-state index contributed by atoms with van der Waals surface area (Å²) < 4.78 is 3.54. The zero-order chi connectivity index (χ0) is 15.0. The highest BCUT2D eigenvalue weighted by Crippen LogP contribution is 2.15. The lowest BCUT2D eigenvalue weighted by Crippen LogP contribution is -2.34. The van der Waals surface area contributed by atoms with Crippen LogP contribution in [0.5, 0.6) is 0 Å². The van der Waals surface area contributed by atoms with E-state index >= 15 is 0 Å². The van der Waals surface area contributed by atoms with Crippen LogP contribution in [0.15, 0.2) is 35.3 Å². The van der Waals surface area contributed by atoms with E-state index in [9.17, 15) is 9.59 Å². The molecule has 0 N–H and O–H groups in total. The molecule has 2 aromatic rings. The molecule has 5 nitrogen and oxygen atoms in total. The Morgan fingerprint density at radius 2 is 1.86 bits per heavy atom. The molecule has 5 heteroatoms. The molecule has 0 unspecified atom stereocenters. The molecule has 21 heavy (non-hydrogen) atoms. The fourth-order valence-corrected chi connectivity index (χ4v) is 2.94. The van der Waals surface area contributed by atoms with Gasteiger partial charge in [-0.05, 0) is 24.1 Å². The molecule has 0 radical (unpaired) electrons. The SMILES string of the molecule is Cn1cccc1C(=O)N1CCc2ccc(=O)n(C)c2CC1. The lowest BCUT2D eigenvalue weighted by atomic mass is 10.1. The van der Waals surface area contributed by atoms with Crippen molar-refractivity contribution in [2.24, 2.45) is 14.1 Å². The van der Waals surface area contributed by atoms with Gasteiger partial charge >= 0.3 is 0 Å². The van der Waals surface area contributed by atoms with E-state index in [0.717, 1.165) is 18.5 Å². The van der Waals surface area contributed by atoms with Crippen LogP contribution in [0.1, 0.15) is 21.7 Å². The fourth-order valence-electron chi connectivity index (χ4n) is 2.94. The summed E-state index contributed by atoms with van der Waals surface area (Å²) in [5, 5.41) is 0. The molecule has 0 spiro atoms. The van der Waals surface area contributed by atoms with Crippen molar-refractivity contribution >= 4 is 5.91 Å². The predicted molar refractivity (Wildman–Crippen MR) is 80.4 cm³/mol.